The van der Waals surface area contributed by atoms with Crippen LogP contribution in [0.25, 0.3) is 0 Å². The number of allylic oxidation sites excluding steroid dienone is 1. The summed E-state index contributed by atoms with van der Waals surface area (Å²) >= 11 is 0. The lowest BCUT2D eigenvalue weighted by molar-refractivity contribution is -0.118. The Kier molecular flexibility index (Phi) is 3.04. The first-order valence-electron chi connectivity index (χ1n) is 4.50. The molecule has 1 atom stereocenters. The maximum absolute atomic E-state index is 11.5. The summed E-state index contributed by atoms with van der Waals surface area (Å²) in [5, 5.41) is 0. The Morgan fingerprint density at radius 2 is 2.17 bits per heavy atom. The number of likely N-dealkylation sites (N-methyl/N-ethyl adjacent to an activating group) is 1. The van der Waals surface area contributed by atoms with Crippen LogP contribution < -0.4 is 0 Å². The standard InChI is InChI=1S/C10H17NO/c1-8(2)7-10(12)9-5-4-6-11(9)3/h7,9H,4-6H2,1-3H3. The number of hydrogen-bond acceptors (Lipinski definition) is 2. The van der Waals surface area contributed by atoms with Crippen LogP contribution in [0.2, 0.25) is 0 Å². The molecule has 0 aliphatic carbocycles. The molecule has 68 valence electrons. The summed E-state index contributed by atoms with van der Waals surface area (Å²) in [4.78, 5) is 13.7. The largest absolute Gasteiger partial charge is 0.296 e. The number of ketones is 1. The summed E-state index contributed by atoms with van der Waals surface area (Å²) < 4.78 is 0. The van der Waals surface area contributed by atoms with Gasteiger partial charge in [0.15, 0.2) is 5.78 Å². The van der Waals surface area contributed by atoms with E-state index in [0.29, 0.717) is 0 Å². The average Bonchev–Trinajstić information content (AvgIpc) is 2.33. The fourth-order valence-corrected chi connectivity index (χ4v) is 1.65. The number of nitrogens with zero attached hydrogens (tertiary/aromatic N) is 1. The first-order valence-corrected chi connectivity index (χ1v) is 4.50. The quantitative estimate of drug-likeness (QED) is 0.582. The van der Waals surface area contributed by atoms with E-state index in [0.717, 1.165) is 25.0 Å². The lowest BCUT2D eigenvalue weighted by atomic mass is 10.1. The molecule has 1 saturated heterocycles. The summed E-state index contributed by atoms with van der Waals surface area (Å²) in [5.74, 6) is 0.273. The fraction of sp³-hybridized carbons (Fsp3) is 0.700. The normalized spacial score (nSPS) is 24.1. The predicted molar refractivity (Wildman–Crippen MR) is 50.1 cm³/mol. The summed E-state index contributed by atoms with van der Waals surface area (Å²) in [6, 6.07) is 0.153. The van der Waals surface area contributed by atoms with E-state index in [1.165, 1.54) is 0 Å². The van der Waals surface area contributed by atoms with Gasteiger partial charge in [-0.15, -0.1) is 0 Å². The topological polar surface area (TPSA) is 20.3 Å². The van der Waals surface area contributed by atoms with Crippen molar-refractivity contribution < 1.29 is 4.79 Å². The number of hydrogen-bond donors (Lipinski definition) is 0. The molecule has 1 unspecified atom stereocenters. The van der Waals surface area contributed by atoms with Gasteiger partial charge >= 0.3 is 0 Å². The molecule has 0 saturated carbocycles. The predicted octanol–water partition coefficient (Wildman–Crippen LogP) is 1.62. The van der Waals surface area contributed by atoms with Crippen LogP contribution in [-0.2, 0) is 4.79 Å². The first-order chi connectivity index (χ1) is 5.61. The van der Waals surface area contributed by atoms with Crippen molar-refractivity contribution in [3.05, 3.63) is 11.6 Å². The Balaban J connectivity index is 2.58. The molecule has 0 aromatic heterocycles. The fourth-order valence-electron chi connectivity index (χ4n) is 1.65. The van der Waals surface area contributed by atoms with E-state index in [-0.39, 0.29) is 11.8 Å². The molecule has 2 heteroatoms. The molecule has 12 heavy (non-hydrogen) atoms. The highest BCUT2D eigenvalue weighted by Gasteiger charge is 2.25. The van der Waals surface area contributed by atoms with Crippen LogP contribution in [0.5, 0.6) is 0 Å². The maximum Gasteiger partial charge on any atom is 0.172 e. The molecule has 0 spiro atoms. The van der Waals surface area contributed by atoms with Crippen LogP contribution in [0.15, 0.2) is 11.6 Å². The van der Waals surface area contributed by atoms with Gasteiger partial charge in [0.25, 0.3) is 0 Å². The number of rotatable bonds is 2. The molecule has 1 aliphatic heterocycles. The lowest BCUT2D eigenvalue weighted by Crippen LogP contribution is -2.31. The van der Waals surface area contributed by atoms with Gasteiger partial charge in [-0.1, -0.05) is 5.57 Å². The van der Waals surface area contributed by atoms with Crippen LogP contribution in [-0.4, -0.2) is 30.3 Å². The van der Waals surface area contributed by atoms with Gasteiger partial charge in [-0.05, 0) is 46.4 Å². The van der Waals surface area contributed by atoms with Gasteiger partial charge in [0, 0.05) is 0 Å². The second kappa shape index (κ2) is 3.85. The number of carbonyl (C=O) groups excluding carboxylic acids is 1. The zero-order valence-corrected chi connectivity index (χ0v) is 8.13. The molecule has 0 N–H and O–H groups in total. The third kappa shape index (κ3) is 2.18. The van der Waals surface area contributed by atoms with E-state index in [4.69, 9.17) is 0 Å². The highest BCUT2D eigenvalue weighted by Crippen LogP contribution is 2.16. The Hall–Kier alpha value is -0.630. The monoisotopic (exact) mass is 167 g/mol. The van der Waals surface area contributed by atoms with E-state index in [2.05, 4.69) is 4.90 Å². The molecule has 1 heterocycles. The number of likely N-dealkylation sites (tertiary alicyclic amines) is 1. The van der Waals surface area contributed by atoms with Gasteiger partial charge in [0.2, 0.25) is 0 Å². The van der Waals surface area contributed by atoms with Gasteiger partial charge in [0.05, 0.1) is 6.04 Å². The van der Waals surface area contributed by atoms with Crippen molar-refractivity contribution in [3.8, 4) is 0 Å². The van der Waals surface area contributed by atoms with Crippen LogP contribution >= 0.6 is 0 Å². The smallest absolute Gasteiger partial charge is 0.172 e. The molecule has 1 rings (SSSR count). The first kappa shape index (κ1) is 9.46. The summed E-state index contributed by atoms with van der Waals surface area (Å²) in [7, 11) is 2.02. The van der Waals surface area contributed by atoms with Gasteiger partial charge in [0.1, 0.15) is 0 Å². The highest BCUT2D eigenvalue weighted by atomic mass is 16.1. The minimum Gasteiger partial charge on any atom is -0.296 e. The van der Waals surface area contributed by atoms with Crippen molar-refractivity contribution >= 4 is 5.78 Å². The molecule has 1 fully saturated rings. The molecule has 0 radical (unpaired) electrons. The van der Waals surface area contributed by atoms with Crippen LogP contribution in [0, 0.1) is 0 Å². The minimum atomic E-state index is 0.153. The Bertz CT molecular complexity index is 204. The van der Waals surface area contributed by atoms with E-state index in [9.17, 15) is 4.79 Å². The summed E-state index contributed by atoms with van der Waals surface area (Å²) in [5.41, 5.74) is 1.10. The van der Waals surface area contributed by atoms with E-state index < -0.39 is 0 Å². The van der Waals surface area contributed by atoms with Gasteiger partial charge in [-0.2, -0.15) is 0 Å². The maximum atomic E-state index is 11.5. The molecular formula is C10H17NO. The molecule has 2 nitrogen and oxygen atoms in total. The third-order valence-electron chi connectivity index (χ3n) is 2.28. The molecule has 0 bridgehead atoms. The summed E-state index contributed by atoms with van der Waals surface area (Å²) in [6.07, 6.45) is 3.94. The molecule has 0 aromatic rings. The van der Waals surface area contributed by atoms with Gasteiger partial charge in [-0.3, -0.25) is 9.69 Å². The van der Waals surface area contributed by atoms with E-state index in [1.54, 1.807) is 6.08 Å². The van der Waals surface area contributed by atoms with Crippen molar-refractivity contribution in [1.29, 1.82) is 0 Å². The Morgan fingerprint density at radius 1 is 1.50 bits per heavy atom. The van der Waals surface area contributed by atoms with Gasteiger partial charge in [-0.25, -0.2) is 0 Å². The second-order valence-corrected chi connectivity index (χ2v) is 3.76. The number of carbonyl (C=O) groups is 1. The van der Waals surface area contributed by atoms with Crippen molar-refractivity contribution in [2.24, 2.45) is 0 Å². The third-order valence-corrected chi connectivity index (χ3v) is 2.28. The molecular weight excluding hydrogens is 150 g/mol. The van der Waals surface area contributed by atoms with Gasteiger partial charge < -0.3 is 0 Å². The van der Waals surface area contributed by atoms with Crippen molar-refractivity contribution in [2.45, 2.75) is 32.7 Å². The Labute approximate surface area is 74.2 Å². The molecule has 1 aliphatic rings. The molecule has 0 amide bonds. The van der Waals surface area contributed by atoms with Crippen molar-refractivity contribution in [2.75, 3.05) is 13.6 Å². The average molecular weight is 167 g/mol. The minimum absolute atomic E-state index is 0.153. The second-order valence-electron chi connectivity index (χ2n) is 3.76. The SMILES string of the molecule is CC(C)=CC(=O)C1CCCN1C. The van der Waals surface area contributed by atoms with Crippen molar-refractivity contribution in [1.82, 2.24) is 4.90 Å². The van der Waals surface area contributed by atoms with Crippen LogP contribution in [0.3, 0.4) is 0 Å². The zero-order chi connectivity index (χ0) is 9.14. The van der Waals surface area contributed by atoms with Crippen molar-refractivity contribution in [3.63, 3.8) is 0 Å². The van der Waals surface area contributed by atoms with Crippen LogP contribution in [0.1, 0.15) is 26.7 Å². The van der Waals surface area contributed by atoms with E-state index in [1.807, 2.05) is 20.9 Å². The van der Waals surface area contributed by atoms with Crippen LogP contribution in [0.4, 0.5) is 0 Å². The lowest BCUT2D eigenvalue weighted by Gasteiger charge is -2.15. The zero-order valence-electron chi connectivity index (χ0n) is 8.13. The molecule has 0 aromatic carbocycles. The summed E-state index contributed by atoms with van der Waals surface area (Å²) in [6.45, 7) is 4.99. The Morgan fingerprint density at radius 3 is 2.58 bits per heavy atom. The van der Waals surface area contributed by atoms with E-state index >= 15 is 0 Å². The highest BCUT2D eigenvalue weighted by molar-refractivity contribution is 5.94.